The average Bonchev–Trinajstić information content (AvgIpc) is 3.29. The summed E-state index contributed by atoms with van der Waals surface area (Å²) in [6.07, 6.45) is 1.75. The number of benzene rings is 1. The molecule has 0 unspecified atom stereocenters. The molecule has 0 saturated carbocycles. The lowest BCUT2D eigenvalue weighted by molar-refractivity contribution is -0.122. The van der Waals surface area contributed by atoms with Crippen LogP contribution in [0.15, 0.2) is 53.1 Å². The van der Waals surface area contributed by atoms with Crippen molar-refractivity contribution in [1.82, 2.24) is 16.0 Å². The third-order valence-corrected chi connectivity index (χ3v) is 4.29. The SMILES string of the molecule is C[C@H](NC(=O)N[C@@H]1CC(=O)N(c2ccccc2)C1)C(=O)NCc1ccco1. The van der Waals surface area contributed by atoms with Gasteiger partial charge in [-0.1, -0.05) is 18.2 Å². The second kappa shape index (κ2) is 8.39. The highest BCUT2D eigenvalue weighted by Gasteiger charge is 2.31. The van der Waals surface area contributed by atoms with Gasteiger partial charge in [-0.25, -0.2) is 4.79 Å². The number of furan rings is 1. The first-order chi connectivity index (χ1) is 13.0. The van der Waals surface area contributed by atoms with Crippen molar-refractivity contribution < 1.29 is 18.8 Å². The molecule has 2 atom stereocenters. The van der Waals surface area contributed by atoms with E-state index in [9.17, 15) is 14.4 Å². The van der Waals surface area contributed by atoms with Gasteiger partial charge in [0.2, 0.25) is 11.8 Å². The van der Waals surface area contributed by atoms with Crippen molar-refractivity contribution in [3.63, 3.8) is 0 Å². The normalized spacial score (nSPS) is 17.4. The van der Waals surface area contributed by atoms with Gasteiger partial charge in [0.05, 0.1) is 18.8 Å². The molecule has 3 rings (SSSR count). The molecule has 1 fully saturated rings. The fraction of sp³-hybridized carbons (Fsp3) is 0.316. The number of hydrogen-bond donors (Lipinski definition) is 3. The molecule has 0 aliphatic carbocycles. The van der Waals surface area contributed by atoms with Gasteiger partial charge in [0.15, 0.2) is 0 Å². The largest absolute Gasteiger partial charge is 0.467 e. The molecule has 1 aliphatic heterocycles. The van der Waals surface area contributed by atoms with Gasteiger partial charge in [-0.05, 0) is 31.2 Å². The van der Waals surface area contributed by atoms with E-state index in [1.54, 1.807) is 24.0 Å². The van der Waals surface area contributed by atoms with Gasteiger partial charge >= 0.3 is 6.03 Å². The highest BCUT2D eigenvalue weighted by Crippen LogP contribution is 2.20. The highest BCUT2D eigenvalue weighted by atomic mass is 16.3. The van der Waals surface area contributed by atoms with Crippen molar-refractivity contribution in [3.8, 4) is 0 Å². The number of carbonyl (C=O) groups is 3. The van der Waals surface area contributed by atoms with Crippen LogP contribution in [0, 0.1) is 0 Å². The second-order valence-corrected chi connectivity index (χ2v) is 6.38. The van der Waals surface area contributed by atoms with Crippen LogP contribution in [0.5, 0.6) is 0 Å². The fourth-order valence-corrected chi connectivity index (χ4v) is 2.89. The second-order valence-electron chi connectivity index (χ2n) is 6.38. The Morgan fingerprint density at radius 1 is 1.22 bits per heavy atom. The molecule has 1 aromatic carbocycles. The van der Waals surface area contributed by atoms with E-state index in [1.165, 1.54) is 6.26 Å². The molecule has 2 aromatic rings. The lowest BCUT2D eigenvalue weighted by Crippen LogP contribution is -2.51. The highest BCUT2D eigenvalue weighted by molar-refractivity contribution is 5.97. The van der Waals surface area contributed by atoms with E-state index in [0.29, 0.717) is 12.3 Å². The van der Waals surface area contributed by atoms with Gasteiger partial charge in [-0.15, -0.1) is 0 Å². The van der Waals surface area contributed by atoms with E-state index in [0.717, 1.165) is 5.69 Å². The van der Waals surface area contributed by atoms with Crippen molar-refractivity contribution in [2.24, 2.45) is 0 Å². The Kier molecular flexibility index (Phi) is 5.75. The fourth-order valence-electron chi connectivity index (χ4n) is 2.89. The minimum Gasteiger partial charge on any atom is -0.467 e. The van der Waals surface area contributed by atoms with Gasteiger partial charge in [-0.2, -0.15) is 0 Å². The number of nitrogens with zero attached hydrogens (tertiary/aromatic N) is 1. The van der Waals surface area contributed by atoms with Crippen molar-refractivity contribution in [2.75, 3.05) is 11.4 Å². The maximum absolute atomic E-state index is 12.2. The number of anilines is 1. The number of urea groups is 1. The van der Waals surface area contributed by atoms with Crippen molar-refractivity contribution in [2.45, 2.75) is 32.0 Å². The molecular weight excluding hydrogens is 348 g/mol. The van der Waals surface area contributed by atoms with Crippen LogP contribution >= 0.6 is 0 Å². The Hall–Kier alpha value is -3.29. The summed E-state index contributed by atoms with van der Waals surface area (Å²) < 4.78 is 5.14. The van der Waals surface area contributed by atoms with E-state index in [2.05, 4.69) is 16.0 Å². The van der Waals surface area contributed by atoms with Crippen LogP contribution in [-0.4, -0.2) is 36.5 Å². The van der Waals surface area contributed by atoms with E-state index in [-0.39, 0.29) is 30.8 Å². The van der Waals surface area contributed by atoms with E-state index in [4.69, 9.17) is 4.42 Å². The van der Waals surface area contributed by atoms with Gasteiger partial charge in [0.1, 0.15) is 11.8 Å². The van der Waals surface area contributed by atoms with E-state index >= 15 is 0 Å². The van der Waals surface area contributed by atoms with Crippen molar-refractivity contribution in [3.05, 3.63) is 54.5 Å². The van der Waals surface area contributed by atoms with Gasteiger partial charge in [0.25, 0.3) is 0 Å². The Morgan fingerprint density at radius 2 is 2.00 bits per heavy atom. The van der Waals surface area contributed by atoms with Crippen molar-refractivity contribution in [1.29, 1.82) is 0 Å². The number of para-hydroxylation sites is 1. The number of hydrogen-bond acceptors (Lipinski definition) is 4. The van der Waals surface area contributed by atoms with Crippen LogP contribution in [0.3, 0.4) is 0 Å². The molecular formula is C19H22N4O4. The summed E-state index contributed by atoms with van der Waals surface area (Å²) in [6.45, 7) is 2.24. The number of nitrogens with one attached hydrogen (secondary N) is 3. The molecule has 0 bridgehead atoms. The quantitative estimate of drug-likeness (QED) is 0.715. The molecule has 0 radical (unpaired) electrons. The summed E-state index contributed by atoms with van der Waals surface area (Å²) in [7, 11) is 0. The molecule has 2 heterocycles. The van der Waals surface area contributed by atoms with Crippen LogP contribution in [0.2, 0.25) is 0 Å². The summed E-state index contributed by atoms with van der Waals surface area (Å²) in [5.41, 5.74) is 0.804. The lowest BCUT2D eigenvalue weighted by Gasteiger charge is -2.18. The number of carbonyl (C=O) groups excluding carboxylic acids is 3. The first-order valence-electron chi connectivity index (χ1n) is 8.75. The summed E-state index contributed by atoms with van der Waals surface area (Å²) in [4.78, 5) is 38.0. The smallest absolute Gasteiger partial charge is 0.315 e. The number of amides is 4. The zero-order valence-corrected chi connectivity index (χ0v) is 15.0. The standard InChI is InChI=1S/C19H22N4O4/c1-13(18(25)20-11-16-8-5-9-27-16)21-19(26)22-14-10-17(24)23(12-14)15-6-3-2-4-7-15/h2-9,13-14H,10-12H2,1H3,(H,20,25)(H2,21,22,26)/t13-,14+/m0/s1. The molecule has 3 N–H and O–H groups in total. The molecule has 1 aliphatic rings. The van der Waals surface area contributed by atoms with Gasteiger partial charge in [0, 0.05) is 18.7 Å². The molecule has 1 saturated heterocycles. The molecule has 0 spiro atoms. The Bertz CT molecular complexity index is 791. The molecule has 8 nitrogen and oxygen atoms in total. The predicted molar refractivity (Wildman–Crippen MR) is 98.9 cm³/mol. The molecule has 27 heavy (non-hydrogen) atoms. The maximum Gasteiger partial charge on any atom is 0.315 e. The third kappa shape index (κ3) is 4.87. The zero-order chi connectivity index (χ0) is 19.2. The van der Waals surface area contributed by atoms with Gasteiger partial charge < -0.3 is 25.3 Å². The van der Waals surface area contributed by atoms with E-state index in [1.807, 2.05) is 30.3 Å². The minimum atomic E-state index is -0.720. The van der Waals surface area contributed by atoms with E-state index < -0.39 is 12.1 Å². The minimum absolute atomic E-state index is 0.0456. The monoisotopic (exact) mass is 370 g/mol. The van der Waals surface area contributed by atoms with Crippen LogP contribution in [0.4, 0.5) is 10.5 Å². The van der Waals surface area contributed by atoms with Crippen LogP contribution in [0.1, 0.15) is 19.1 Å². The average molecular weight is 370 g/mol. The molecule has 142 valence electrons. The summed E-state index contributed by atoms with van der Waals surface area (Å²) in [5.74, 6) is 0.260. The molecule has 4 amide bonds. The number of rotatable bonds is 6. The zero-order valence-electron chi connectivity index (χ0n) is 15.0. The van der Waals surface area contributed by atoms with Gasteiger partial charge in [-0.3, -0.25) is 9.59 Å². The summed E-state index contributed by atoms with van der Waals surface area (Å²) in [5, 5.41) is 8.02. The summed E-state index contributed by atoms with van der Waals surface area (Å²) in [6, 6.07) is 11.3. The third-order valence-electron chi connectivity index (χ3n) is 4.29. The Morgan fingerprint density at radius 3 is 2.70 bits per heavy atom. The van der Waals surface area contributed by atoms with Crippen LogP contribution in [-0.2, 0) is 16.1 Å². The Labute approximate surface area is 156 Å². The van der Waals surface area contributed by atoms with Crippen molar-refractivity contribution >= 4 is 23.5 Å². The predicted octanol–water partition coefficient (Wildman–Crippen LogP) is 1.39. The van der Waals surface area contributed by atoms with Crippen LogP contribution < -0.4 is 20.9 Å². The topological polar surface area (TPSA) is 104 Å². The maximum atomic E-state index is 12.2. The Balaban J connectivity index is 1.45. The van der Waals surface area contributed by atoms with Crippen LogP contribution in [0.25, 0.3) is 0 Å². The first kappa shape index (κ1) is 18.5. The molecule has 8 heteroatoms. The molecule has 1 aromatic heterocycles. The first-order valence-corrected chi connectivity index (χ1v) is 8.75. The summed E-state index contributed by atoms with van der Waals surface area (Å²) >= 11 is 0. The lowest BCUT2D eigenvalue weighted by atomic mass is 10.2.